The van der Waals surface area contributed by atoms with Gasteiger partial charge in [0.2, 0.25) is 5.91 Å². The van der Waals surface area contributed by atoms with E-state index in [0.29, 0.717) is 54.0 Å². The van der Waals surface area contributed by atoms with Crippen molar-refractivity contribution in [1.82, 2.24) is 9.97 Å². The molecule has 4 heterocycles. The number of anilines is 5. The zero-order valence-electron chi connectivity index (χ0n) is 21.8. The third-order valence-electron chi connectivity index (χ3n) is 7.29. The van der Waals surface area contributed by atoms with Crippen molar-refractivity contribution in [3.8, 4) is 5.75 Å². The van der Waals surface area contributed by atoms with Crippen LogP contribution in [0.1, 0.15) is 24.4 Å². The number of hydroxylamine groups is 1. The van der Waals surface area contributed by atoms with Gasteiger partial charge < -0.3 is 25.0 Å². The predicted molar refractivity (Wildman–Crippen MR) is 145 cm³/mol. The van der Waals surface area contributed by atoms with Crippen LogP contribution >= 0.6 is 0 Å². The number of methoxy groups -OCH3 is 1. The van der Waals surface area contributed by atoms with Crippen LogP contribution in [0.2, 0.25) is 0 Å². The summed E-state index contributed by atoms with van der Waals surface area (Å²) < 4.78 is 39.3. The summed E-state index contributed by atoms with van der Waals surface area (Å²) >= 11 is 0. The molecular weight excluding hydrogens is 522 g/mol. The van der Waals surface area contributed by atoms with Crippen LogP contribution < -0.4 is 25.3 Å². The summed E-state index contributed by atoms with van der Waals surface area (Å²) in [6.45, 7) is 5.29. The molecule has 2 aromatic carbocycles. The standard InChI is InChI=1S/C28H28F2N6O4/c1-3-28(37)34-21-10-22(25(38-2)11-24(21)35-13-20-9-19(35)14-39-20)33-26-12-27(32-15-31-26)36-23(4-5-40-36)16-6-17(29)8-18(30)7-16/h3,6-8,10-12,15,19-20,23H,1,4-5,9,13-14H2,2H3,(H,34,37)(H,31,32,33)/t19-,20-,23-/m1/s1. The first-order valence-corrected chi connectivity index (χ1v) is 12.9. The zero-order chi connectivity index (χ0) is 27.8. The van der Waals surface area contributed by atoms with E-state index in [4.69, 9.17) is 14.3 Å². The van der Waals surface area contributed by atoms with E-state index in [1.807, 2.05) is 6.07 Å². The number of ether oxygens (including phenoxy) is 2. The molecule has 1 aromatic heterocycles. The lowest BCUT2D eigenvalue weighted by molar-refractivity contribution is -0.111. The summed E-state index contributed by atoms with van der Waals surface area (Å²) in [6.07, 6.45) is 4.21. The number of hydrogen-bond donors (Lipinski definition) is 2. The molecule has 3 aromatic rings. The summed E-state index contributed by atoms with van der Waals surface area (Å²) in [7, 11) is 1.57. The van der Waals surface area contributed by atoms with Crippen LogP contribution in [0.5, 0.6) is 5.75 Å². The van der Waals surface area contributed by atoms with Gasteiger partial charge in [-0.05, 0) is 36.3 Å². The molecule has 0 unspecified atom stereocenters. The third kappa shape index (κ3) is 5.03. The van der Waals surface area contributed by atoms with Crippen molar-refractivity contribution in [1.29, 1.82) is 0 Å². The molecule has 0 radical (unpaired) electrons. The average molecular weight is 551 g/mol. The predicted octanol–water partition coefficient (Wildman–Crippen LogP) is 4.49. The van der Waals surface area contributed by atoms with E-state index in [0.717, 1.165) is 24.7 Å². The summed E-state index contributed by atoms with van der Waals surface area (Å²) in [6, 6.07) is 8.54. The van der Waals surface area contributed by atoms with Gasteiger partial charge >= 0.3 is 0 Å². The molecule has 3 fully saturated rings. The molecule has 12 heteroatoms. The van der Waals surface area contributed by atoms with E-state index >= 15 is 0 Å². The Kier molecular flexibility index (Phi) is 6.95. The Bertz CT molecular complexity index is 1440. The van der Waals surface area contributed by atoms with Crippen molar-refractivity contribution < 1.29 is 27.9 Å². The molecule has 3 aliphatic rings. The van der Waals surface area contributed by atoms with Crippen molar-refractivity contribution >= 4 is 34.6 Å². The maximum atomic E-state index is 13.9. The number of rotatable bonds is 8. The van der Waals surface area contributed by atoms with Crippen LogP contribution in [0.25, 0.3) is 0 Å². The normalized spacial score (nSPS) is 21.5. The Morgan fingerprint density at radius 2 is 1.98 bits per heavy atom. The quantitative estimate of drug-likeness (QED) is 0.393. The number of aromatic nitrogens is 2. The molecule has 3 atom stereocenters. The van der Waals surface area contributed by atoms with Crippen LogP contribution in [0, 0.1) is 11.6 Å². The van der Waals surface area contributed by atoms with E-state index < -0.39 is 17.7 Å². The fourth-order valence-corrected chi connectivity index (χ4v) is 5.49. The summed E-state index contributed by atoms with van der Waals surface area (Å²) in [5.41, 5.74) is 2.42. The monoisotopic (exact) mass is 550 g/mol. The molecule has 1 amide bonds. The molecule has 40 heavy (non-hydrogen) atoms. The third-order valence-corrected chi connectivity index (χ3v) is 7.29. The number of benzene rings is 2. The van der Waals surface area contributed by atoms with Crippen LogP contribution in [0.15, 0.2) is 55.4 Å². The van der Waals surface area contributed by atoms with Gasteiger partial charge in [0.25, 0.3) is 0 Å². The van der Waals surface area contributed by atoms with Crippen molar-refractivity contribution in [2.24, 2.45) is 0 Å². The number of nitrogens with one attached hydrogen (secondary N) is 2. The number of halogens is 2. The van der Waals surface area contributed by atoms with Gasteiger partial charge in [-0.2, -0.15) is 0 Å². The highest BCUT2D eigenvalue weighted by molar-refractivity contribution is 6.02. The van der Waals surface area contributed by atoms with Gasteiger partial charge in [0.1, 0.15) is 29.5 Å². The van der Waals surface area contributed by atoms with E-state index in [1.165, 1.54) is 29.6 Å². The Hall–Kier alpha value is -4.29. The number of carbonyl (C=O) groups excluding carboxylic acids is 1. The molecule has 208 valence electrons. The van der Waals surface area contributed by atoms with Crippen LogP contribution in [-0.2, 0) is 14.4 Å². The lowest BCUT2D eigenvalue weighted by Gasteiger charge is -2.31. The summed E-state index contributed by atoms with van der Waals surface area (Å²) in [4.78, 5) is 29.0. The molecule has 0 saturated carbocycles. The molecular formula is C28H28F2N6O4. The molecule has 3 saturated heterocycles. The highest BCUT2D eigenvalue weighted by Crippen LogP contribution is 2.43. The minimum Gasteiger partial charge on any atom is -0.494 e. The minimum atomic E-state index is -0.656. The van der Waals surface area contributed by atoms with Crippen LogP contribution in [0.4, 0.5) is 37.5 Å². The Labute approximate surface area is 229 Å². The number of nitrogens with zero attached hydrogens (tertiary/aromatic N) is 4. The number of carbonyl (C=O) groups is 1. The van der Waals surface area contributed by atoms with Crippen molar-refractivity contribution in [2.75, 3.05) is 47.5 Å². The van der Waals surface area contributed by atoms with Crippen molar-refractivity contribution in [2.45, 2.75) is 31.0 Å². The maximum Gasteiger partial charge on any atom is 0.247 e. The molecule has 0 aliphatic carbocycles. The van der Waals surface area contributed by atoms with Crippen LogP contribution in [-0.4, -0.2) is 54.9 Å². The second kappa shape index (κ2) is 10.7. The fraction of sp³-hybridized carbons (Fsp3) is 0.321. The lowest BCUT2D eigenvalue weighted by atomic mass is 10.0. The molecule has 2 bridgehead atoms. The second-order valence-electron chi connectivity index (χ2n) is 9.81. The molecule has 3 aliphatic heterocycles. The van der Waals surface area contributed by atoms with Gasteiger partial charge in [-0.1, -0.05) is 6.58 Å². The van der Waals surface area contributed by atoms with Gasteiger partial charge in [0.15, 0.2) is 5.82 Å². The maximum absolute atomic E-state index is 13.9. The SMILES string of the molecule is C=CC(=O)Nc1cc(Nc2cc(N3OCC[C@@H]3c3cc(F)cc(F)c3)ncn2)c(OC)cc1N1C[C@H]2C[C@@H]1CO2. The topological polar surface area (TPSA) is 101 Å². The number of amides is 1. The Morgan fingerprint density at radius 3 is 2.67 bits per heavy atom. The van der Waals surface area contributed by atoms with Crippen molar-refractivity contribution in [3.05, 3.63) is 72.6 Å². The molecule has 10 nitrogen and oxygen atoms in total. The van der Waals surface area contributed by atoms with Gasteiger partial charge in [-0.3, -0.25) is 9.63 Å². The number of fused-ring (bicyclic) bond motifs is 2. The Morgan fingerprint density at radius 1 is 1.15 bits per heavy atom. The summed E-state index contributed by atoms with van der Waals surface area (Å²) in [5.74, 6) is -0.277. The van der Waals surface area contributed by atoms with Gasteiger partial charge in [-0.15, -0.1) is 0 Å². The van der Waals surface area contributed by atoms with E-state index in [-0.39, 0.29) is 18.1 Å². The largest absolute Gasteiger partial charge is 0.494 e. The van der Waals surface area contributed by atoms with E-state index in [9.17, 15) is 13.6 Å². The first-order chi connectivity index (χ1) is 19.4. The zero-order valence-corrected chi connectivity index (χ0v) is 21.8. The van der Waals surface area contributed by atoms with E-state index in [2.05, 4.69) is 32.1 Å². The average Bonchev–Trinajstić information content (AvgIpc) is 3.71. The first-order valence-electron chi connectivity index (χ1n) is 12.9. The fourth-order valence-electron chi connectivity index (χ4n) is 5.49. The lowest BCUT2D eigenvalue weighted by Crippen LogP contribution is -2.37. The molecule has 6 rings (SSSR count). The van der Waals surface area contributed by atoms with Crippen LogP contribution in [0.3, 0.4) is 0 Å². The van der Waals surface area contributed by atoms with Gasteiger partial charge in [0, 0.05) is 31.2 Å². The van der Waals surface area contributed by atoms with Gasteiger partial charge in [-0.25, -0.2) is 23.8 Å². The summed E-state index contributed by atoms with van der Waals surface area (Å²) in [5, 5.41) is 7.68. The molecule has 0 spiro atoms. The smallest absolute Gasteiger partial charge is 0.247 e. The highest BCUT2D eigenvalue weighted by Gasteiger charge is 2.40. The molecule has 2 N–H and O–H groups in total. The second-order valence-corrected chi connectivity index (χ2v) is 9.81. The number of morpholine rings is 1. The van der Waals surface area contributed by atoms with Gasteiger partial charge in [0.05, 0.1) is 55.6 Å². The first kappa shape index (κ1) is 26.0. The highest BCUT2D eigenvalue weighted by atomic mass is 19.1. The number of hydrogen-bond acceptors (Lipinski definition) is 9. The Balaban J connectivity index is 1.30. The van der Waals surface area contributed by atoms with E-state index in [1.54, 1.807) is 19.2 Å². The minimum absolute atomic E-state index is 0.164. The van der Waals surface area contributed by atoms with Crippen molar-refractivity contribution in [3.63, 3.8) is 0 Å².